The molecule has 1 aliphatic rings. The summed E-state index contributed by atoms with van der Waals surface area (Å²) in [5, 5.41) is 8.43. The Morgan fingerprint density at radius 3 is 2.76 bits per heavy atom. The van der Waals surface area contributed by atoms with Gasteiger partial charge in [0, 0.05) is 12.2 Å². The fraction of sp³-hybridized carbons (Fsp3) is 0.600. The summed E-state index contributed by atoms with van der Waals surface area (Å²) in [5.41, 5.74) is 6.57. The topological polar surface area (TPSA) is 98.2 Å². The van der Waals surface area contributed by atoms with Crippen LogP contribution in [0.3, 0.4) is 0 Å². The number of primary sulfonamides is 1. The van der Waals surface area contributed by atoms with E-state index in [0.717, 1.165) is 24.8 Å². The molecule has 2 rings (SSSR count). The van der Waals surface area contributed by atoms with Crippen molar-refractivity contribution in [1.29, 1.82) is 0 Å². The molecule has 21 heavy (non-hydrogen) atoms. The maximum atomic E-state index is 11.6. The van der Waals surface area contributed by atoms with Crippen LogP contribution in [0.5, 0.6) is 0 Å². The van der Waals surface area contributed by atoms with Crippen molar-refractivity contribution < 1.29 is 8.42 Å². The number of nitrogen functional groups attached to an aromatic ring is 1. The van der Waals surface area contributed by atoms with Gasteiger partial charge < -0.3 is 11.1 Å². The normalized spacial score (nSPS) is 23.0. The molecule has 0 heterocycles. The first-order valence-electron chi connectivity index (χ1n) is 7.52. The van der Waals surface area contributed by atoms with Gasteiger partial charge in [0.25, 0.3) is 0 Å². The lowest BCUT2D eigenvalue weighted by Gasteiger charge is -2.26. The summed E-state index contributed by atoms with van der Waals surface area (Å²) in [6, 6.07) is 4.76. The van der Waals surface area contributed by atoms with Crippen molar-refractivity contribution in [1.82, 2.24) is 0 Å². The molecule has 6 heteroatoms. The Morgan fingerprint density at radius 2 is 2.10 bits per heavy atom. The standard InChI is InChI=1S/C15H25N3O2S/c1-11-3-2-4-12(9-11)7-8-18-14-6-5-13(16)10-15(14)21(17,19)20/h5-6,10-12,18H,2-4,7-9,16H2,1H3,(H2,17,19,20). The Bertz CT molecular complexity index is 587. The van der Waals surface area contributed by atoms with Crippen LogP contribution in [-0.4, -0.2) is 15.0 Å². The van der Waals surface area contributed by atoms with Crippen molar-refractivity contribution in [3.05, 3.63) is 18.2 Å². The zero-order chi connectivity index (χ0) is 15.5. The molecule has 5 nitrogen and oxygen atoms in total. The highest BCUT2D eigenvalue weighted by atomic mass is 32.2. The summed E-state index contributed by atoms with van der Waals surface area (Å²) in [7, 11) is -3.76. The van der Waals surface area contributed by atoms with Crippen molar-refractivity contribution in [3.63, 3.8) is 0 Å². The van der Waals surface area contributed by atoms with Crippen molar-refractivity contribution in [2.75, 3.05) is 17.6 Å². The highest BCUT2D eigenvalue weighted by molar-refractivity contribution is 7.89. The molecule has 1 aromatic rings. The summed E-state index contributed by atoms with van der Waals surface area (Å²) in [5.74, 6) is 1.54. The second kappa shape index (κ2) is 6.66. The van der Waals surface area contributed by atoms with Crippen LogP contribution in [0.4, 0.5) is 11.4 Å². The monoisotopic (exact) mass is 311 g/mol. The van der Waals surface area contributed by atoms with E-state index < -0.39 is 10.0 Å². The number of rotatable bonds is 5. The van der Waals surface area contributed by atoms with E-state index >= 15 is 0 Å². The molecule has 1 aliphatic carbocycles. The molecule has 0 aromatic heterocycles. The van der Waals surface area contributed by atoms with Crippen molar-refractivity contribution in [2.24, 2.45) is 17.0 Å². The molecule has 1 aromatic carbocycles. The van der Waals surface area contributed by atoms with Gasteiger partial charge in [-0.15, -0.1) is 0 Å². The van der Waals surface area contributed by atoms with Crippen LogP contribution in [0, 0.1) is 11.8 Å². The van der Waals surface area contributed by atoms with Crippen molar-refractivity contribution in [3.8, 4) is 0 Å². The summed E-state index contributed by atoms with van der Waals surface area (Å²) >= 11 is 0. The molecular formula is C15H25N3O2S. The maximum Gasteiger partial charge on any atom is 0.240 e. The van der Waals surface area contributed by atoms with Gasteiger partial charge in [-0.1, -0.05) is 26.2 Å². The largest absolute Gasteiger partial charge is 0.399 e. The summed E-state index contributed by atoms with van der Waals surface area (Å²) in [4.78, 5) is 0.0690. The molecule has 2 atom stereocenters. The predicted octanol–water partition coefficient (Wildman–Crippen LogP) is 2.54. The molecule has 1 saturated carbocycles. The van der Waals surface area contributed by atoms with E-state index in [1.165, 1.54) is 31.7 Å². The van der Waals surface area contributed by atoms with E-state index in [1.54, 1.807) is 12.1 Å². The second-order valence-electron chi connectivity index (χ2n) is 6.15. The van der Waals surface area contributed by atoms with Gasteiger partial charge in [-0.05, 0) is 42.9 Å². The van der Waals surface area contributed by atoms with E-state index in [2.05, 4.69) is 12.2 Å². The van der Waals surface area contributed by atoms with E-state index in [4.69, 9.17) is 10.9 Å². The number of hydrogen-bond acceptors (Lipinski definition) is 4. The van der Waals surface area contributed by atoms with Crippen LogP contribution < -0.4 is 16.2 Å². The molecule has 118 valence electrons. The molecule has 0 bridgehead atoms. The van der Waals surface area contributed by atoms with Crippen molar-refractivity contribution >= 4 is 21.4 Å². The van der Waals surface area contributed by atoms with Gasteiger partial charge in [0.05, 0.1) is 5.69 Å². The number of hydrogen-bond donors (Lipinski definition) is 3. The van der Waals surface area contributed by atoms with Gasteiger partial charge >= 0.3 is 0 Å². The average Bonchev–Trinajstić information content (AvgIpc) is 2.39. The fourth-order valence-corrected chi connectivity index (χ4v) is 3.90. The molecule has 0 aliphatic heterocycles. The zero-order valence-electron chi connectivity index (χ0n) is 12.5. The van der Waals surface area contributed by atoms with Gasteiger partial charge in [0.2, 0.25) is 10.0 Å². The molecule has 0 saturated heterocycles. The van der Waals surface area contributed by atoms with E-state index in [1.807, 2.05) is 0 Å². The molecular weight excluding hydrogens is 286 g/mol. The van der Waals surface area contributed by atoms with Crippen LogP contribution in [0.2, 0.25) is 0 Å². The number of anilines is 2. The molecule has 5 N–H and O–H groups in total. The minimum absolute atomic E-state index is 0.0690. The maximum absolute atomic E-state index is 11.6. The number of nitrogens with two attached hydrogens (primary N) is 2. The number of nitrogens with one attached hydrogen (secondary N) is 1. The number of benzene rings is 1. The van der Waals surface area contributed by atoms with Gasteiger partial charge in [-0.25, -0.2) is 13.6 Å². The third kappa shape index (κ3) is 4.61. The highest BCUT2D eigenvalue weighted by Gasteiger charge is 2.19. The summed E-state index contributed by atoms with van der Waals surface area (Å²) < 4.78 is 23.2. The van der Waals surface area contributed by atoms with Gasteiger partial charge in [-0.2, -0.15) is 0 Å². The van der Waals surface area contributed by atoms with Crippen LogP contribution in [0.15, 0.2) is 23.1 Å². The van der Waals surface area contributed by atoms with E-state index in [9.17, 15) is 8.42 Å². The van der Waals surface area contributed by atoms with Crippen LogP contribution in [0.25, 0.3) is 0 Å². The lowest BCUT2D eigenvalue weighted by atomic mass is 9.81. The molecule has 0 radical (unpaired) electrons. The first kappa shape index (κ1) is 16.1. The Kier molecular flexibility index (Phi) is 5.11. The Balaban J connectivity index is 1.97. The van der Waals surface area contributed by atoms with Gasteiger partial charge in [-0.3, -0.25) is 0 Å². The summed E-state index contributed by atoms with van der Waals surface area (Å²) in [6.07, 6.45) is 6.23. The fourth-order valence-electron chi connectivity index (χ4n) is 3.15. The zero-order valence-corrected chi connectivity index (χ0v) is 13.3. The van der Waals surface area contributed by atoms with Crippen LogP contribution in [-0.2, 0) is 10.0 Å². The molecule has 0 amide bonds. The van der Waals surface area contributed by atoms with Crippen molar-refractivity contribution in [2.45, 2.75) is 43.9 Å². The minimum Gasteiger partial charge on any atom is -0.399 e. The Morgan fingerprint density at radius 1 is 1.33 bits per heavy atom. The van der Waals surface area contributed by atoms with Gasteiger partial charge in [0.1, 0.15) is 4.90 Å². The first-order chi connectivity index (χ1) is 9.86. The van der Waals surface area contributed by atoms with E-state index in [0.29, 0.717) is 11.4 Å². The summed E-state index contributed by atoms with van der Waals surface area (Å²) in [6.45, 7) is 3.06. The second-order valence-corrected chi connectivity index (χ2v) is 7.68. The van der Waals surface area contributed by atoms with Crippen LogP contribution >= 0.6 is 0 Å². The SMILES string of the molecule is CC1CCCC(CCNc2ccc(N)cc2S(N)(=O)=O)C1. The lowest BCUT2D eigenvalue weighted by Crippen LogP contribution is -2.19. The number of sulfonamides is 1. The molecule has 2 unspecified atom stereocenters. The van der Waals surface area contributed by atoms with Gasteiger partial charge in [0.15, 0.2) is 0 Å². The Labute approximate surface area is 127 Å². The average molecular weight is 311 g/mol. The predicted molar refractivity (Wildman–Crippen MR) is 86.5 cm³/mol. The lowest BCUT2D eigenvalue weighted by molar-refractivity contribution is 0.274. The highest BCUT2D eigenvalue weighted by Crippen LogP contribution is 2.31. The van der Waals surface area contributed by atoms with E-state index in [-0.39, 0.29) is 4.90 Å². The Hall–Kier alpha value is -1.27. The van der Waals surface area contributed by atoms with Crippen LogP contribution in [0.1, 0.15) is 39.0 Å². The molecule has 1 fully saturated rings. The quantitative estimate of drug-likeness (QED) is 0.728. The smallest absolute Gasteiger partial charge is 0.240 e. The third-order valence-electron chi connectivity index (χ3n) is 4.23. The third-order valence-corrected chi connectivity index (χ3v) is 5.18. The first-order valence-corrected chi connectivity index (χ1v) is 9.07. The minimum atomic E-state index is -3.76. The molecule has 0 spiro atoms.